The predicted octanol–water partition coefficient (Wildman–Crippen LogP) is 2.50. The molecule has 0 aromatic carbocycles. The molecule has 0 amide bonds. The van der Waals surface area contributed by atoms with Crippen LogP contribution in [0.2, 0.25) is 0 Å². The van der Waals surface area contributed by atoms with Crippen molar-refractivity contribution in [2.24, 2.45) is 0 Å². The van der Waals surface area contributed by atoms with Crippen molar-refractivity contribution in [3.63, 3.8) is 0 Å². The van der Waals surface area contributed by atoms with E-state index in [0.29, 0.717) is 34.6 Å². The van der Waals surface area contributed by atoms with E-state index < -0.39 is 5.97 Å². The molecule has 0 aliphatic rings. The smallest absolute Gasteiger partial charge is 0.338 e. The van der Waals surface area contributed by atoms with Gasteiger partial charge in [0.2, 0.25) is 0 Å². The van der Waals surface area contributed by atoms with Gasteiger partial charge in [-0.25, -0.2) is 14.5 Å². The maximum Gasteiger partial charge on any atom is 0.338 e. The molecule has 0 aliphatic heterocycles. The molecular weight excluding hydrogens is 258 g/mol. The molecule has 20 heavy (non-hydrogen) atoms. The van der Waals surface area contributed by atoms with Crippen LogP contribution < -0.4 is 0 Å². The summed E-state index contributed by atoms with van der Waals surface area (Å²) in [6.07, 6.45) is 3.19. The van der Waals surface area contributed by atoms with Gasteiger partial charge in [0.25, 0.3) is 0 Å². The molecule has 3 heterocycles. The highest BCUT2D eigenvalue weighted by Crippen LogP contribution is 2.25. The molecule has 0 N–H and O–H groups in total. The predicted molar refractivity (Wildman–Crippen MR) is 72.2 cm³/mol. The first-order valence-electron chi connectivity index (χ1n) is 6.23. The number of fused-ring (bicyclic) bond motifs is 1. The summed E-state index contributed by atoms with van der Waals surface area (Å²) >= 11 is 0. The Hall–Kier alpha value is -2.63. The molecule has 0 aliphatic carbocycles. The third-order valence-corrected chi connectivity index (χ3v) is 3.09. The zero-order chi connectivity index (χ0) is 14.1. The van der Waals surface area contributed by atoms with E-state index >= 15 is 0 Å². The fourth-order valence-corrected chi connectivity index (χ4v) is 2.11. The SMILES string of the molecule is CCn1ncc2c(C(=O)OC)cc(-c3ccco3)nc21. The molecule has 3 rings (SSSR count). The van der Waals surface area contributed by atoms with E-state index in [1.165, 1.54) is 7.11 Å². The molecule has 0 saturated heterocycles. The monoisotopic (exact) mass is 271 g/mol. The maximum atomic E-state index is 11.9. The van der Waals surface area contributed by atoms with E-state index in [2.05, 4.69) is 10.1 Å². The minimum Gasteiger partial charge on any atom is -0.465 e. The average molecular weight is 271 g/mol. The van der Waals surface area contributed by atoms with Gasteiger partial charge in [0.05, 0.1) is 30.5 Å². The molecule has 6 nitrogen and oxygen atoms in total. The molecule has 0 unspecified atom stereocenters. The van der Waals surface area contributed by atoms with Crippen molar-refractivity contribution >= 4 is 17.0 Å². The van der Waals surface area contributed by atoms with Gasteiger partial charge in [0, 0.05) is 6.54 Å². The summed E-state index contributed by atoms with van der Waals surface area (Å²) in [4.78, 5) is 16.5. The van der Waals surface area contributed by atoms with Gasteiger partial charge in [-0.2, -0.15) is 5.10 Å². The normalized spacial score (nSPS) is 10.9. The van der Waals surface area contributed by atoms with Crippen LogP contribution in [0.15, 0.2) is 35.1 Å². The number of nitrogens with zero attached hydrogens (tertiary/aromatic N) is 3. The van der Waals surface area contributed by atoms with Gasteiger partial charge >= 0.3 is 5.97 Å². The van der Waals surface area contributed by atoms with Crippen LogP contribution in [0.25, 0.3) is 22.5 Å². The largest absolute Gasteiger partial charge is 0.465 e. The highest BCUT2D eigenvalue weighted by atomic mass is 16.5. The number of pyridine rings is 1. The fraction of sp³-hybridized carbons (Fsp3) is 0.214. The van der Waals surface area contributed by atoms with Gasteiger partial charge in [-0.15, -0.1) is 0 Å². The molecule has 0 spiro atoms. The molecule has 3 aromatic rings. The number of furan rings is 1. The Bertz CT molecular complexity index is 759. The van der Waals surface area contributed by atoms with Gasteiger partial charge in [0.15, 0.2) is 11.4 Å². The van der Waals surface area contributed by atoms with Gasteiger partial charge < -0.3 is 9.15 Å². The Morgan fingerprint density at radius 1 is 1.50 bits per heavy atom. The van der Waals surface area contributed by atoms with Crippen LogP contribution in [-0.2, 0) is 11.3 Å². The van der Waals surface area contributed by atoms with E-state index in [1.54, 1.807) is 35.3 Å². The van der Waals surface area contributed by atoms with E-state index in [1.807, 2.05) is 6.92 Å². The first kappa shape index (κ1) is 12.4. The van der Waals surface area contributed by atoms with Crippen LogP contribution >= 0.6 is 0 Å². The number of hydrogen-bond acceptors (Lipinski definition) is 5. The molecule has 0 saturated carbocycles. The Balaban J connectivity index is 2.30. The highest BCUT2D eigenvalue weighted by molar-refractivity contribution is 6.03. The number of methoxy groups -OCH3 is 1. The van der Waals surface area contributed by atoms with E-state index in [9.17, 15) is 4.79 Å². The van der Waals surface area contributed by atoms with Crippen molar-refractivity contribution in [1.82, 2.24) is 14.8 Å². The zero-order valence-corrected chi connectivity index (χ0v) is 11.2. The number of aryl methyl sites for hydroxylation is 1. The minimum absolute atomic E-state index is 0.416. The Morgan fingerprint density at radius 2 is 2.35 bits per heavy atom. The summed E-state index contributed by atoms with van der Waals surface area (Å²) in [6.45, 7) is 2.63. The van der Waals surface area contributed by atoms with Crippen molar-refractivity contribution in [2.45, 2.75) is 13.5 Å². The average Bonchev–Trinajstić information content (AvgIpc) is 3.14. The van der Waals surface area contributed by atoms with Crippen LogP contribution in [-0.4, -0.2) is 27.8 Å². The lowest BCUT2D eigenvalue weighted by Crippen LogP contribution is -2.04. The second kappa shape index (κ2) is 4.80. The van der Waals surface area contributed by atoms with Crippen molar-refractivity contribution in [3.8, 4) is 11.5 Å². The van der Waals surface area contributed by atoms with Gasteiger partial charge in [0.1, 0.15) is 5.69 Å². The number of carbonyl (C=O) groups excluding carboxylic acids is 1. The summed E-state index contributed by atoms with van der Waals surface area (Å²) in [5.74, 6) is 0.182. The lowest BCUT2D eigenvalue weighted by Gasteiger charge is -2.05. The number of esters is 1. The zero-order valence-electron chi connectivity index (χ0n) is 11.2. The summed E-state index contributed by atoms with van der Waals surface area (Å²) < 4.78 is 11.9. The van der Waals surface area contributed by atoms with Gasteiger partial charge in [-0.1, -0.05) is 0 Å². The van der Waals surface area contributed by atoms with Crippen molar-refractivity contribution in [2.75, 3.05) is 7.11 Å². The molecule has 6 heteroatoms. The third kappa shape index (κ3) is 1.85. The number of rotatable bonds is 3. The van der Waals surface area contributed by atoms with Crippen LogP contribution in [0, 0.1) is 0 Å². The maximum absolute atomic E-state index is 11.9. The molecule has 0 fully saturated rings. The standard InChI is InChI=1S/C14H13N3O3/c1-3-17-13-10(8-15-17)9(14(18)19-2)7-11(16-13)12-5-4-6-20-12/h4-8H,3H2,1-2H3. The summed E-state index contributed by atoms with van der Waals surface area (Å²) in [5.41, 5.74) is 1.66. The molecule has 3 aromatic heterocycles. The van der Waals surface area contributed by atoms with E-state index in [0.717, 1.165) is 0 Å². The fourth-order valence-electron chi connectivity index (χ4n) is 2.11. The second-order valence-corrected chi connectivity index (χ2v) is 4.22. The first-order chi connectivity index (χ1) is 9.74. The van der Waals surface area contributed by atoms with Crippen molar-refractivity contribution < 1.29 is 13.9 Å². The van der Waals surface area contributed by atoms with Crippen molar-refractivity contribution in [3.05, 3.63) is 36.2 Å². The minimum atomic E-state index is -0.416. The van der Waals surface area contributed by atoms with Gasteiger partial charge in [-0.05, 0) is 25.1 Å². The topological polar surface area (TPSA) is 70.2 Å². The second-order valence-electron chi connectivity index (χ2n) is 4.22. The summed E-state index contributed by atoms with van der Waals surface area (Å²) in [6, 6.07) is 5.23. The Morgan fingerprint density at radius 3 is 3.00 bits per heavy atom. The van der Waals surface area contributed by atoms with Crippen LogP contribution in [0.3, 0.4) is 0 Å². The number of ether oxygens (including phenoxy) is 1. The molecule has 0 bridgehead atoms. The highest BCUT2D eigenvalue weighted by Gasteiger charge is 2.18. The first-order valence-corrected chi connectivity index (χ1v) is 6.23. The van der Waals surface area contributed by atoms with Crippen LogP contribution in [0.1, 0.15) is 17.3 Å². The number of aromatic nitrogens is 3. The quantitative estimate of drug-likeness (QED) is 0.684. The summed E-state index contributed by atoms with van der Waals surface area (Å²) in [7, 11) is 1.35. The Labute approximate surface area is 115 Å². The van der Waals surface area contributed by atoms with E-state index in [4.69, 9.17) is 9.15 Å². The Kier molecular flexibility index (Phi) is 2.98. The lowest BCUT2D eigenvalue weighted by atomic mass is 10.1. The van der Waals surface area contributed by atoms with Crippen molar-refractivity contribution in [1.29, 1.82) is 0 Å². The van der Waals surface area contributed by atoms with Crippen LogP contribution in [0.5, 0.6) is 0 Å². The third-order valence-electron chi connectivity index (χ3n) is 3.09. The number of hydrogen-bond donors (Lipinski definition) is 0. The number of carbonyl (C=O) groups is 1. The van der Waals surface area contributed by atoms with E-state index in [-0.39, 0.29) is 0 Å². The molecule has 0 radical (unpaired) electrons. The van der Waals surface area contributed by atoms with Crippen LogP contribution in [0.4, 0.5) is 0 Å². The molecular formula is C14H13N3O3. The van der Waals surface area contributed by atoms with Gasteiger partial charge in [-0.3, -0.25) is 0 Å². The molecule has 102 valence electrons. The molecule has 0 atom stereocenters. The summed E-state index contributed by atoms with van der Waals surface area (Å²) in [5, 5.41) is 4.90. The lowest BCUT2D eigenvalue weighted by molar-refractivity contribution is 0.0603.